The number of benzene rings is 2. The second kappa shape index (κ2) is 12.6. The van der Waals surface area contributed by atoms with Crippen molar-refractivity contribution < 1.29 is 18.0 Å². The predicted molar refractivity (Wildman–Crippen MR) is 137 cm³/mol. The molecule has 0 saturated heterocycles. The number of likely N-dealkylation sites (N-methyl/N-ethyl adjacent to an activating group) is 1. The van der Waals surface area contributed by atoms with Gasteiger partial charge in [0.25, 0.3) is 0 Å². The van der Waals surface area contributed by atoms with Crippen molar-refractivity contribution in [2.75, 3.05) is 30.2 Å². The molecule has 7 nitrogen and oxygen atoms in total. The van der Waals surface area contributed by atoms with E-state index in [0.717, 1.165) is 16.7 Å². The number of aryl methyl sites for hydroxylation is 1. The summed E-state index contributed by atoms with van der Waals surface area (Å²) >= 11 is 0. The first kappa shape index (κ1) is 27.4. The number of nitrogens with one attached hydrogen (secondary N) is 1. The highest BCUT2D eigenvalue weighted by Gasteiger charge is 2.26. The largest absolute Gasteiger partial charge is 0.355 e. The molecule has 0 aliphatic rings. The molecular weight excluding hydrogens is 450 g/mol. The van der Waals surface area contributed by atoms with E-state index in [0.29, 0.717) is 31.6 Å². The molecule has 0 aliphatic carbocycles. The highest BCUT2D eigenvalue weighted by Crippen LogP contribution is 2.25. The van der Waals surface area contributed by atoms with Crippen molar-refractivity contribution in [1.29, 1.82) is 0 Å². The van der Waals surface area contributed by atoms with Crippen LogP contribution in [0.2, 0.25) is 0 Å². The van der Waals surface area contributed by atoms with Crippen molar-refractivity contribution in [3.05, 3.63) is 65.2 Å². The molecule has 1 atom stereocenters. The summed E-state index contributed by atoms with van der Waals surface area (Å²) in [6.45, 7) is 8.50. The van der Waals surface area contributed by atoms with Crippen LogP contribution >= 0.6 is 0 Å². The standard InChI is InChI=1S/C26H37N3O4S/c1-6-27-26(31)22(4)28(19-17-23-13-8-7-9-14-23)25(30)16-11-18-29(34(5,32)33)24-15-10-12-20(2)21(24)3/h7-10,12-15,22H,6,11,16-19H2,1-5H3,(H,27,31). The zero-order valence-corrected chi connectivity index (χ0v) is 21.7. The van der Waals surface area contributed by atoms with Gasteiger partial charge in [-0.3, -0.25) is 13.9 Å². The van der Waals surface area contributed by atoms with Crippen LogP contribution in [0.1, 0.15) is 43.4 Å². The fourth-order valence-electron chi connectivity index (χ4n) is 3.88. The lowest BCUT2D eigenvalue weighted by atomic mass is 10.1. The average Bonchev–Trinajstić information content (AvgIpc) is 2.79. The maximum atomic E-state index is 13.2. The molecule has 0 aliphatic heterocycles. The summed E-state index contributed by atoms with van der Waals surface area (Å²) in [5, 5.41) is 2.79. The monoisotopic (exact) mass is 487 g/mol. The molecule has 34 heavy (non-hydrogen) atoms. The maximum absolute atomic E-state index is 13.2. The van der Waals surface area contributed by atoms with Gasteiger partial charge in [-0.2, -0.15) is 0 Å². The molecule has 0 saturated carbocycles. The van der Waals surface area contributed by atoms with Gasteiger partial charge in [0.1, 0.15) is 6.04 Å². The maximum Gasteiger partial charge on any atom is 0.242 e. The van der Waals surface area contributed by atoms with Crippen LogP contribution in [-0.4, -0.2) is 57.1 Å². The molecule has 186 valence electrons. The molecule has 0 fully saturated rings. The van der Waals surface area contributed by atoms with E-state index in [1.165, 1.54) is 10.6 Å². The van der Waals surface area contributed by atoms with E-state index in [4.69, 9.17) is 0 Å². The Morgan fingerprint density at radius 3 is 2.29 bits per heavy atom. The number of nitrogens with zero attached hydrogens (tertiary/aromatic N) is 2. The quantitative estimate of drug-likeness (QED) is 0.497. The van der Waals surface area contributed by atoms with E-state index in [-0.39, 0.29) is 24.8 Å². The number of sulfonamides is 1. The fraction of sp³-hybridized carbons (Fsp3) is 0.462. The third-order valence-electron chi connectivity index (χ3n) is 6.00. The minimum absolute atomic E-state index is 0.148. The van der Waals surface area contributed by atoms with Crippen molar-refractivity contribution >= 4 is 27.5 Å². The van der Waals surface area contributed by atoms with Crippen molar-refractivity contribution in [3.63, 3.8) is 0 Å². The van der Waals surface area contributed by atoms with Gasteiger partial charge in [-0.15, -0.1) is 0 Å². The Morgan fingerprint density at radius 2 is 1.68 bits per heavy atom. The molecule has 0 spiro atoms. The highest BCUT2D eigenvalue weighted by molar-refractivity contribution is 7.92. The Balaban J connectivity index is 2.13. The van der Waals surface area contributed by atoms with E-state index in [9.17, 15) is 18.0 Å². The minimum Gasteiger partial charge on any atom is -0.355 e. The fourth-order valence-corrected chi connectivity index (χ4v) is 4.90. The molecule has 2 aromatic carbocycles. The summed E-state index contributed by atoms with van der Waals surface area (Å²) in [6, 6.07) is 14.8. The Kier molecular flexibility index (Phi) is 10.1. The smallest absolute Gasteiger partial charge is 0.242 e. The van der Waals surface area contributed by atoms with Crippen LogP contribution in [0.4, 0.5) is 5.69 Å². The third-order valence-corrected chi connectivity index (χ3v) is 7.18. The summed E-state index contributed by atoms with van der Waals surface area (Å²) < 4.78 is 26.4. The molecule has 1 N–H and O–H groups in total. The second-order valence-corrected chi connectivity index (χ2v) is 10.5. The van der Waals surface area contributed by atoms with Gasteiger partial charge in [0.2, 0.25) is 21.8 Å². The lowest BCUT2D eigenvalue weighted by molar-refractivity contribution is -0.139. The molecule has 0 radical (unpaired) electrons. The molecule has 0 heterocycles. The SMILES string of the molecule is CCNC(=O)C(C)N(CCc1ccccc1)C(=O)CCCN(c1cccc(C)c1C)S(C)(=O)=O. The van der Waals surface area contributed by atoms with Gasteiger partial charge < -0.3 is 10.2 Å². The van der Waals surface area contributed by atoms with Crippen LogP contribution < -0.4 is 9.62 Å². The van der Waals surface area contributed by atoms with Gasteiger partial charge in [0, 0.05) is 26.1 Å². The summed E-state index contributed by atoms with van der Waals surface area (Å²) in [4.78, 5) is 27.3. The van der Waals surface area contributed by atoms with E-state index < -0.39 is 16.1 Å². The third kappa shape index (κ3) is 7.58. The van der Waals surface area contributed by atoms with Crippen LogP contribution in [0.25, 0.3) is 0 Å². The number of amides is 2. The van der Waals surface area contributed by atoms with Crippen molar-refractivity contribution in [1.82, 2.24) is 10.2 Å². The van der Waals surface area contributed by atoms with E-state index in [1.54, 1.807) is 17.9 Å². The zero-order valence-electron chi connectivity index (χ0n) is 20.9. The number of carbonyl (C=O) groups is 2. The van der Waals surface area contributed by atoms with Crippen molar-refractivity contribution in [3.8, 4) is 0 Å². The molecule has 2 amide bonds. The molecule has 0 bridgehead atoms. The van der Waals surface area contributed by atoms with Gasteiger partial charge in [0.15, 0.2) is 0 Å². The first-order chi connectivity index (χ1) is 16.1. The predicted octanol–water partition coefficient (Wildman–Crippen LogP) is 3.45. The van der Waals surface area contributed by atoms with Crippen molar-refractivity contribution in [2.24, 2.45) is 0 Å². The van der Waals surface area contributed by atoms with Gasteiger partial charge >= 0.3 is 0 Å². The van der Waals surface area contributed by atoms with Crippen molar-refractivity contribution in [2.45, 2.75) is 53.0 Å². The number of hydrogen-bond donors (Lipinski definition) is 1. The first-order valence-electron chi connectivity index (χ1n) is 11.7. The summed E-state index contributed by atoms with van der Waals surface area (Å²) in [6.07, 6.45) is 2.31. The topological polar surface area (TPSA) is 86.8 Å². The summed E-state index contributed by atoms with van der Waals surface area (Å²) in [5.74, 6) is -0.360. The van der Waals surface area contributed by atoms with Gasteiger partial charge in [-0.1, -0.05) is 42.5 Å². The van der Waals surface area contributed by atoms with Gasteiger partial charge in [-0.05, 0) is 63.3 Å². The normalized spacial score (nSPS) is 12.1. The van der Waals surface area contributed by atoms with E-state index in [1.807, 2.05) is 63.2 Å². The minimum atomic E-state index is -3.51. The zero-order chi connectivity index (χ0) is 25.3. The molecule has 0 aromatic heterocycles. The lowest BCUT2D eigenvalue weighted by Gasteiger charge is -2.29. The molecule has 1 unspecified atom stereocenters. The van der Waals surface area contributed by atoms with E-state index in [2.05, 4.69) is 5.32 Å². The number of carbonyl (C=O) groups excluding carboxylic acids is 2. The Bertz CT molecular complexity index is 1070. The molecule has 2 aromatic rings. The average molecular weight is 488 g/mol. The Hall–Kier alpha value is -2.87. The van der Waals surface area contributed by atoms with Crippen LogP contribution in [0, 0.1) is 13.8 Å². The van der Waals surface area contributed by atoms with Gasteiger partial charge in [-0.25, -0.2) is 8.42 Å². The first-order valence-corrected chi connectivity index (χ1v) is 13.6. The van der Waals surface area contributed by atoms with Crippen LogP contribution in [0.3, 0.4) is 0 Å². The molecular formula is C26H37N3O4S. The second-order valence-electron chi connectivity index (χ2n) is 8.55. The van der Waals surface area contributed by atoms with Crippen LogP contribution in [0.15, 0.2) is 48.5 Å². The van der Waals surface area contributed by atoms with Crippen LogP contribution in [-0.2, 0) is 26.0 Å². The molecule has 8 heteroatoms. The van der Waals surface area contributed by atoms with Crippen LogP contribution in [0.5, 0.6) is 0 Å². The summed E-state index contributed by atoms with van der Waals surface area (Å²) in [7, 11) is -3.51. The number of rotatable bonds is 12. The highest BCUT2D eigenvalue weighted by atomic mass is 32.2. The Labute approximate surface area is 204 Å². The number of hydrogen-bond acceptors (Lipinski definition) is 4. The Morgan fingerprint density at radius 1 is 1.00 bits per heavy atom. The van der Waals surface area contributed by atoms with Gasteiger partial charge in [0.05, 0.1) is 11.9 Å². The lowest BCUT2D eigenvalue weighted by Crippen LogP contribution is -2.48. The summed E-state index contributed by atoms with van der Waals surface area (Å²) in [5.41, 5.74) is 3.62. The van der Waals surface area contributed by atoms with E-state index >= 15 is 0 Å². The number of anilines is 1. The molecule has 2 rings (SSSR count).